The number of amides is 2. The largest absolute Gasteiger partial charge is 0.353 e. The molecule has 10 heteroatoms. The van der Waals surface area contributed by atoms with Gasteiger partial charge in [-0.1, -0.05) is 49.1 Å². The van der Waals surface area contributed by atoms with Crippen molar-refractivity contribution in [1.29, 1.82) is 0 Å². The minimum absolute atomic E-state index is 0.0177. The number of carbonyl (C=O) groups is 2. The molecule has 3 heterocycles. The Morgan fingerprint density at radius 3 is 2.35 bits per heavy atom. The van der Waals surface area contributed by atoms with Crippen molar-refractivity contribution in [2.24, 2.45) is 11.3 Å². The number of piperidine rings is 1. The lowest BCUT2D eigenvalue weighted by Crippen LogP contribution is -2.56. The molecule has 0 unspecified atom stereocenters. The summed E-state index contributed by atoms with van der Waals surface area (Å²) >= 11 is 6.19. The Balaban J connectivity index is 1.08. The smallest absolute Gasteiger partial charge is 0.240 e. The summed E-state index contributed by atoms with van der Waals surface area (Å²) in [6, 6.07) is 13.6. The van der Waals surface area contributed by atoms with Crippen LogP contribution in [0.2, 0.25) is 5.02 Å². The first-order chi connectivity index (χ1) is 22.5. The average molecular weight is 646 g/mol. The highest BCUT2D eigenvalue weighted by molar-refractivity contribution is 6.30. The number of hydrogen-bond donors (Lipinski definition) is 2. The first kappa shape index (κ1) is 32.6. The van der Waals surface area contributed by atoms with Crippen LogP contribution in [0, 0.1) is 11.3 Å². The second-order valence-corrected chi connectivity index (χ2v) is 14.2. The van der Waals surface area contributed by atoms with Crippen LogP contribution in [0.1, 0.15) is 81.9 Å². The zero-order valence-corrected chi connectivity index (χ0v) is 27.6. The first-order valence-corrected chi connectivity index (χ1v) is 17.6. The fourth-order valence-corrected chi connectivity index (χ4v) is 8.27. The van der Waals surface area contributed by atoms with E-state index in [4.69, 9.17) is 11.6 Å². The summed E-state index contributed by atoms with van der Waals surface area (Å²) in [6.07, 6.45) is 18.2. The average Bonchev–Trinajstić information content (AvgIpc) is 3.60. The zero-order valence-electron chi connectivity index (χ0n) is 26.8. The van der Waals surface area contributed by atoms with Crippen LogP contribution in [0.25, 0.3) is 0 Å². The van der Waals surface area contributed by atoms with Gasteiger partial charge in [0.2, 0.25) is 11.8 Å². The Kier molecular flexibility index (Phi) is 11.0. The van der Waals surface area contributed by atoms with Crippen molar-refractivity contribution in [3.8, 4) is 0 Å². The molecule has 2 aliphatic carbocycles. The quantitative estimate of drug-likeness (QED) is 0.290. The van der Waals surface area contributed by atoms with Gasteiger partial charge in [0.15, 0.2) is 0 Å². The Bertz CT molecular complexity index is 1380. The van der Waals surface area contributed by atoms with E-state index in [0.29, 0.717) is 23.8 Å². The van der Waals surface area contributed by atoms with Crippen molar-refractivity contribution >= 4 is 23.4 Å². The SMILES string of the molecule is O=C(Cc1ccccn1)NC1CCC(N[C@H](Cc2ccc(Cl)cc2)C(=O)N2CCC(Cn3cncn3)(C3CCCCC3)CC2)CC1. The van der Waals surface area contributed by atoms with Crippen LogP contribution in [0.5, 0.6) is 0 Å². The topological polar surface area (TPSA) is 105 Å². The Hall–Kier alpha value is -3.30. The molecule has 2 aromatic heterocycles. The lowest BCUT2D eigenvalue weighted by molar-refractivity contribution is -0.137. The molecule has 246 valence electrons. The van der Waals surface area contributed by atoms with E-state index in [-0.39, 0.29) is 35.4 Å². The number of likely N-dealkylation sites (tertiary alicyclic amines) is 1. The van der Waals surface area contributed by atoms with Gasteiger partial charge in [0.05, 0.1) is 12.5 Å². The number of pyridine rings is 1. The summed E-state index contributed by atoms with van der Waals surface area (Å²) in [5.74, 6) is 0.883. The van der Waals surface area contributed by atoms with E-state index in [1.165, 1.54) is 32.1 Å². The van der Waals surface area contributed by atoms with Gasteiger partial charge in [0.1, 0.15) is 12.7 Å². The number of nitrogens with zero attached hydrogens (tertiary/aromatic N) is 5. The number of carbonyl (C=O) groups excluding carboxylic acids is 2. The van der Waals surface area contributed by atoms with Gasteiger partial charge >= 0.3 is 0 Å². The van der Waals surface area contributed by atoms with E-state index in [0.717, 1.165) is 69.4 Å². The van der Waals surface area contributed by atoms with Crippen LogP contribution in [0.4, 0.5) is 0 Å². The van der Waals surface area contributed by atoms with Gasteiger partial charge < -0.3 is 15.5 Å². The summed E-state index contributed by atoms with van der Waals surface area (Å²) in [6.45, 7) is 2.43. The minimum atomic E-state index is -0.307. The number of halogens is 1. The van der Waals surface area contributed by atoms with Gasteiger partial charge in [-0.15, -0.1) is 0 Å². The van der Waals surface area contributed by atoms with E-state index in [2.05, 4.69) is 30.6 Å². The highest BCUT2D eigenvalue weighted by Crippen LogP contribution is 2.47. The Morgan fingerprint density at radius 2 is 1.67 bits per heavy atom. The third-order valence-corrected chi connectivity index (χ3v) is 11.0. The molecule has 0 bridgehead atoms. The number of aromatic nitrogens is 4. The second-order valence-electron chi connectivity index (χ2n) is 13.8. The summed E-state index contributed by atoms with van der Waals surface area (Å²) in [4.78, 5) is 37.5. The molecule has 9 nitrogen and oxygen atoms in total. The molecule has 3 fully saturated rings. The van der Waals surface area contributed by atoms with E-state index < -0.39 is 0 Å². The number of rotatable bonds is 11. The zero-order chi connectivity index (χ0) is 31.8. The van der Waals surface area contributed by atoms with Crippen molar-refractivity contribution in [2.45, 2.75) is 108 Å². The van der Waals surface area contributed by atoms with E-state index in [1.807, 2.05) is 53.5 Å². The van der Waals surface area contributed by atoms with Gasteiger partial charge in [-0.2, -0.15) is 5.10 Å². The molecule has 3 aromatic rings. The predicted molar refractivity (Wildman–Crippen MR) is 179 cm³/mol. The van der Waals surface area contributed by atoms with Crippen LogP contribution < -0.4 is 10.6 Å². The first-order valence-electron chi connectivity index (χ1n) is 17.3. The fraction of sp³-hybridized carbons (Fsp3) is 0.583. The van der Waals surface area contributed by atoms with E-state index in [9.17, 15) is 9.59 Å². The maximum atomic E-state index is 14.3. The Labute approximate surface area is 277 Å². The lowest BCUT2D eigenvalue weighted by atomic mass is 9.63. The van der Waals surface area contributed by atoms with Crippen molar-refractivity contribution in [3.63, 3.8) is 0 Å². The standard InChI is InChI=1S/C36H48ClN7O2/c37-29-11-9-27(10-12-29)22-33(41-30-13-15-31(16-14-30)42-34(45)23-32-8-4-5-19-39-32)35(46)43-20-17-36(18-21-43,24-44-26-38-25-40-44)28-6-2-1-3-7-28/h4-5,8-12,19,25-26,28,30-31,33,41H,1-3,6-7,13-18,20-24H2,(H,42,45)/t30?,31?,33-/m1/s1. The van der Waals surface area contributed by atoms with Gasteiger partial charge in [-0.3, -0.25) is 19.3 Å². The fourth-order valence-electron chi connectivity index (χ4n) is 8.15. The van der Waals surface area contributed by atoms with Crippen LogP contribution in [-0.4, -0.2) is 67.7 Å². The third kappa shape index (κ3) is 8.53. The molecule has 2 amide bonds. The second kappa shape index (κ2) is 15.5. The Morgan fingerprint density at radius 1 is 0.935 bits per heavy atom. The molecule has 46 heavy (non-hydrogen) atoms. The van der Waals surface area contributed by atoms with Gasteiger partial charge in [0, 0.05) is 48.6 Å². The molecule has 0 radical (unpaired) electrons. The summed E-state index contributed by atoms with van der Waals surface area (Å²) in [5, 5.41) is 12.2. The van der Waals surface area contributed by atoms with Crippen LogP contribution >= 0.6 is 11.6 Å². The van der Waals surface area contributed by atoms with Crippen molar-refractivity contribution < 1.29 is 9.59 Å². The van der Waals surface area contributed by atoms with Gasteiger partial charge in [-0.25, -0.2) is 4.98 Å². The van der Waals surface area contributed by atoms with Crippen LogP contribution in [0.3, 0.4) is 0 Å². The maximum absolute atomic E-state index is 14.3. The molecule has 0 spiro atoms. The van der Waals surface area contributed by atoms with Crippen molar-refractivity contribution in [2.75, 3.05) is 13.1 Å². The normalized spacial score (nSPS) is 22.7. The molecule has 2 N–H and O–H groups in total. The molecule has 1 atom stereocenters. The molecule has 3 aliphatic rings. The summed E-state index contributed by atoms with van der Waals surface area (Å²) < 4.78 is 2.01. The van der Waals surface area contributed by atoms with E-state index in [1.54, 1.807) is 12.5 Å². The molecule has 1 aliphatic heterocycles. The predicted octanol–water partition coefficient (Wildman–Crippen LogP) is 5.39. The third-order valence-electron chi connectivity index (χ3n) is 10.7. The molecule has 6 rings (SSSR count). The lowest BCUT2D eigenvalue weighted by Gasteiger charge is -2.48. The van der Waals surface area contributed by atoms with E-state index >= 15 is 0 Å². The molecule has 1 saturated heterocycles. The van der Waals surface area contributed by atoms with Crippen molar-refractivity contribution in [3.05, 3.63) is 77.6 Å². The van der Waals surface area contributed by atoms with Gasteiger partial charge in [-0.05, 0) is 98.9 Å². The highest BCUT2D eigenvalue weighted by Gasteiger charge is 2.44. The molecule has 1 aromatic carbocycles. The molecular formula is C36H48ClN7O2. The van der Waals surface area contributed by atoms with Crippen LogP contribution in [-0.2, 0) is 29.0 Å². The van der Waals surface area contributed by atoms with Crippen LogP contribution in [0.15, 0.2) is 61.3 Å². The number of nitrogens with one attached hydrogen (secondary N) is 2. The summed E-state index contributed by atoms with van der Waals surface area (Å²) in [5.41, 5.74) is 2.04. The number of benzene rings is 1. The minimum Gasteiger partial charge on any atom is -0.353 e. The maximum Gasteiger partial charge on any atom is 0.240 e. The monoisotopic (exact) mass is 645 g/mol. The molecule has 2 saturated carbocycles. The highest BCUT2D eigenvalue weighted by atomic mass is 35.5. The van der Waals surface area contributed by atoms with Crippen molar-refractivity contribution in [1.82, 2.24) is 35.3 Å². The van der Waals surface area contributed by atoms with Gasteiger partial charge in [0.25, 0.3) is 0 Å². The summed E-state index contributed by atoms with van der Waals surface area (Å²) in [7, 11) is 0. The molecular weight excluding hydrogens is 598 g/mol. The number of hydrogen-bond acceptors (Lipinski definition) is 6.